The largest absolute Gasteiger partial charge is 0.419 e. The van der Waals surface area contributed by atoms with Crippen molar-refractivity contribution in [3.05, 3.63) is 35.4 Å². The number of likely N-dealkylation sites (N-methyl/N-ethyl adjacent to an activating group) is 1. The molecule has 1 aromatic carbocycles. The van der Waals surface area contributed by atoms with Gasteiger partial charge < -0.3 is 9.47 Å². The van der Waals surface area contributed by atoms with Crippen LogP contribution in [0.2, 0.25) is 0 Å². The lowest BCUT2D eigenvalue weighted by Crippen LogP contribution is -2.21. The molecule has 1 fully saturated rings. The average molecular weight is 172 g/mol. The van der Waals surface area contributed by atoms with Crippen LogP contribution in [0.15, 0.2) is 24.3 Å². The fourth-order valence-corrected chi connectivity index (χ4v) is 2.38. The Morgan fingerprint density at radius 3 is 3.23 bits per heavy atom. The van der Waals surface area contributed by atoms with Gasteiger partial charge in [-0.05, 0) is 24.6 Å². The molecule has 0 unspecified atom stereocenters. The Labute approximate surface area is 78.8 Å². The maximum atomic E-state index is 5.57. The zero-order valence-electron chi connectivity index (χ0n) is 7.60. The van der Waals surface area contributed by atoms with Crippen LogP contribution in [0, 0.1) is 0 Å². The summed E-state index contributed by atoms with van der Waals surface area (Å²) in [5, 5.41) is 0. The van der Waals surface area contributed by atoms with E-state index in [4.69, 9.17) is 4.65 Å². The fourth-order valence-electron chi connectivity index (χ4n) is 2.38. The molecule has 13 heavy (non-hydrogen) atoms. The predicted octanol–water partition coefficient (Wildman–Crippen LogP) is 1.15. The molecule has 0 N–H and O–H groups in total. The Balaban J connectivity index is 2.08. The lowest BCUT2D eigenvalue weighted by molar-refractivity contribution is 0.218. The fraction of sp³-hybridized carbons (Fsp3) is 0.400. The second kappa shape index (κ2) is 2.60. The first kappa shape index (κ1) is 7.59. The van der Waals surface area contributed by atoms with Crippen LogP contribution in [-0.2, 0) is 11.1 Å². The summed E-state index contributed by atoms with van der Waals surface area (Å²) >= 11 is 0. The molecular formula is C10H11BNO. The summed E-state index contributed by atoms with van der Waals surface area (Å²) in [6.07, 6.45) is 1.41. The standard InChI is InChI=1S/C10H11BNO/c1-12-10-8-5-3-2-4-7(8)6-9(10)13-11-12/h2-5,9-10H,6H2,1H3/t9-,10+/m0/s1. The minimum absolute atomic E-state index is 0.349. The van der Waals surface area contributed by atoms with Crippen molar-refractivity contribution in [1.82, 2.24) is 4.81 Å². The summed E-state index contributed by atoms with van der Waals surface area (Å²) in [5.74, 6) is 0. The molecule has 0 spiro atoms. The molecule has 2 atom stereocenters. The zero-order chi connectivity index (χ0) is 8.84. The Morgan fingerprint density at radius 1 is 1.46 bits per heavy atom. The van der Waals surface area contributed by atoms with Crippen molar-refractivity contribution in [2.75, 3.05) is 7.05 Å². The summed E-state index contributed by atoms with van der Waals surface area (Å²) in [6.45, 7) is 0. The van der Waals surface area contributed by atoms with Gasteiger partial charge in [-0.2, -0.15) is 0 Å². The van der Waals surface area contributed by atoms with Crippen LogP contribution < -0.4 is 0 Å². The molecule has 1 saturated heterocycles. The van der Waals surface area contributed by atoms with Crippen LogP contribution >= 0.6 is 0 Å². The van der Waals surface area contributed by atoms with Crippen molar-refractivity contribution >= 4 is 7.62 Å². The maximum absolute atomic E-state index is 5.57. The van der Waals surface area contributed by atoms with Crippen molar-refractivity contribution in [2.24, 2.45) is 0 Å². The molecular weight excluding hydrogens is 161 g/mol. The first-order valence-corrected chi connectivity index (χ1v) is 4.65. The van der Waals surface area contributed by atoms with Crippen LogP contribution in [0.3, 0.4) is 0 Å². The third-order valence-electron chi connectivity index (χ3n) is 2.99. The van der Waals surface area contributed by atoms with E-state index in [0.717, 1.165) is 6.42 Å². The highest BCUT2D eigenvalue weighted by molar-refractivity contribution is 6.24. The molecule has 1 aliphatic carbocycles. The molecule has 0 aromatic heterocycles. The molecule has 0 amide bonds. The summed E-state index contributed by atoms with van der Waals surface area (Å²) in [6, 6.07) is 9.07. The maximum Gasteiger partial charge on any atom is 0.399 e. The molecule has 65 valence electrons. The third-order valence-corrected chi connectivity index (χ3v) is 2.99. The van der Waals surface area contributed by atoms with Crippen LogP contribution in [-0.4, -0.2) is 25.6 Å². The normalized spacial score (nSPS) is 31.2. The molecule has 1 aromatic rings. The SMILES string of the molecule is CN1[B]O[C@H]2Cc3ccccc3[C@H]21. The highest BCUT2D eigenvalue weighted by Gasteiger charge is 2.40. The number of hydrogen-bond acceptors (Lipinski definition) is 2. The number of nitrogens with zero attached hydrogens (tertiary/aromatic N) is 1. The van der Waals surface area contributed by atoms with Crippen molar-refractivity contribution in [3.8, 4) is 0 Å². The van der Waals surface area contributed by atoms with E-state index < -0.39 is 0 Å². The van der Waals surface area contributed by atoms with E-state index in [1.54, 1.807) is 0 Å². The van der Waals surface area contributed by atoms with E-state index >= 15 is 0 Å². The number of hydrogen-bond donors (Lipinski definition) is 0. The van der Waals surface area contributed by atoms with E-state index in [0.29, 0.717) is 12.1 Å². The molecule has 1 aliphatic heterocycles. The van der Waals surface area contributed by atoms with Gasteiger partial charge in [0.2, 0.25) is 0 Å². The second-order valence-corrected chi connectivity index (χ2v) is 3.79. The minimum Gasteiger partial charge on any atom is -0.419 e. The van der Waals surface area contributed by atoms with Gasteiger partial charge in [0.05, 0.1) is 12.1 Å². The molecule has 3 heteroatoms. The first-order chi connectivity index (χ1) is 6.36. The topological polar surface area (TPSA) is 12.5 Å². The van der Waals surface area contributed by atoms with Gasteiger partial charge in [0, 0.05) is 0 Å². The average Bonchev–Trinajstić information content (AvgIpc) is 2.66. The van der Waals surface area contributed by atoms with Crippen LogP contribution in [0.1, 0.15) is 17.2 Å². The molecule has 0 saturated carbocycles. The zero-order valence-corrected chi connectivity index (χ0v) is 7.60. The number of fused-ring (bicyclic) bond motifs is 3. The van der Waals surface area contributed by atoms with Gasteiger partial charge in [0.1, 0.15) is 0 Å². The second-order valence-electron chi connectivity index (χ2n) is 3.79. The Kier molecular flexibility index (Phi) is 1.52. The monoisotopic (exact) mass is 172 g/mol. The molecule has 1 heterocycles. The molecule has 2 nitrogen and oxygen atoms in total. The lowest BCUT2D eigenvalue weighted by atomic mass is 10.1. The Morgan fingerprint density at radius 2 is 2.31 bits per heavy atom. The van der Waals surface area contributed by atoms with Gasteiger partial charge in [-0.15, -0.1) is 0 Å². The van der Waals surface area contributed by atoms with Gasteiger partial charge in [0.15, 0.2) is 0 Å². The summed E-state index contributed by atoms with van der Waals surface area (Å²) < 4.78 is 5.57. The summed E-state index contributed by atoms with van der Waals surface area (Å²) in [4.78, 5) is 2.16. The summed E-state index contributed by atoms with van der Waals surface area (Å²) in [5.41, 5.74) is 2.88. The van der Waals surface area contributed by atoms with E-state index in [1.165, 1.54) is 11.1 Å². The first-order valence-electron chi connectivity index (χ1n) is 4.65. The van der Waals surface area contributed by atoms with Crippen molar-refractivity contribution < 1.29 is 4.65 Å². The lowest BCUT2D eigenvalue weighted by Gasteiger charge is -2.17. The highest BCUT2D eigenvalue weighted by Crippen LogP contribution is 2.39. The van der Waals surface area contributed by atoms with Crippen LogP contribution in [0.4, 0.5) is 0 Å². The molecule has 3 rings (SSSR count). The van der Waals surface area contributed by atoms with Crippen molar-refractivity contribution in [2.45, 2.75) is 18.6 Å². The molecule has 0 bridgehead atoms. The highest BCUT2D eigenvalue weighted by atomic mass is 16.5. The van der Waals surface area contributed by atoms with Gasteiger partial charge >= 0.3 is 7.62 Å². The van der Waals surface area contributed by atoms with Crippen molar-refractivity contribution in [1.29, 1.82) is 0 Å². The van der Waals surface area contributed by atoms with Gasteiger partial charge in [-0.1, -0.05) is 24.3 Å². The number of benzene rings is 1. The molecule has 1 radical (unpaired) electrons. The van der Waals surface area contributed by atoms with Gasteiger partial charge in [-0.3, -0.25) is 0 Å². The quantitative estimate of drug-likeness (QED) is 0.544. The van der Waals surface area contributed by atoms with E-state index in [2.05, 4.69) is 36.1 Å². The predicted molar refractivity (Wildman–Crippen MR) is 51.3 cm³/mol. The Hall–Kier alpha value is -0.795. The van der Waals surface area contributed by atoms with Crippen LogP contribution in [0.25, 0.3) is 0 Å². The van der Waals surface area contributed by atoms with Gasteiger partial charge in [-0.25, -0.2) is 0 Å². The number of rotatable bonds is 0. The smallest absolute Gasteiger partial charge is 0.399 e. The van der Waals surface area contributed by atoms with E-state index in [-0.39, 0.29) is 0 Å². The van der Waals surface area contributed by atoms with Gasteiger partial charge in [0.25, 0.3) is 0 Å². The summed E-state index contributed by atoms with van der Waals surface area (Å²) in [7, 11) is 3.91. The van der Waals surface area contributed by atoms with E-state index in [9.17, 15) is 0 Å². The molecule has 2 aliphatic rings. The van der Waals surface area contributed by atoms with E-state index in [1.807, 2.05) is 7.62 Å². The third kappa shape index (κ3) is 0.975. The minimum atomic E-state index is 0.349. The Bertz CT molecular complexity index is 341. The van der Waals surface area contributed by atoms with Crippen LogP contribution in [0.5, 0.6) is 0 Å². The van der Waals surface area contributed by atoms with Crippen molar-refractivity contribution in [3.63, 3.8) is 0 Å².